The van der Waals surface area contributed by atoms with Gasteiger partial charge in [-0.05, 0) is 30.5 Å². The van der Waals surface area contributed by atoms with Gasteiger partial charge >= 0.3 is 0 Å². The molecule has 4 nitrogen and oxygen atoms in total. The second-order valence-electron chi connectivity index (χ2n) is 5.38. The quantitative estimate of drug-likeness (QED) is 0.895. The zero-order valence-electron chi connectivity index (χ0n) is 11.6. The summed E-state index contributed by atoms with van der Waals surface area (Å²) in [6, 6.07) is 7.18. The van der Waals surface area contributed by atoms with Gasteiger partial charge in [0.25, 0.3) is 0 Å². The van der Waals surface area contributed by atoms with Crippen molar-refractivity contribution < 1.29 is 8.42 Å². The zero-order valence-corrected chi connectivity index (χ0v) is 12.4. The highest BCUT2D eigenvalue weighted by molar-refractivity contribution is 7.89. The molecule has 1 heterocycles. The molecule has 19 heavy (non-hydrogen) atoms. The van der Waals surface area contributed by atoms with Crippen molar-refractivity contribution in [1.29, 1.82) is 0 Å². The normalized spacial score (nSPS) is 19.1. The van der Waals surface area contributed by atoms with Crippen LogP contribution in [-0.2, 0) is 16.4 Å². The van der Waals surface area contributed by atoms with Crippen LogP contribution in [0.1, 0.15) is 32.3 Å². The smallest absolute Gasteiger partial charge is 0.243 e. The first-order valence-electron chi connectivity index (χ1n) is 6.79. The summed E-state index contributed by atoms with van der Waals surface area (Å²) in [7, 11) is -3.36. The molecule has 0 amide bonds. The molecule has 1 fully saturated rings. The summed E-state index contributed by atoms with van der Waals surface area (Å²) in [5.41, 5.74) is 6.86. The van der Waals surface area contributed by atoms with Gasteiger partial charge in [0, 0.05) is 18.6 Å². The molecule has 1 aromatic carbocycles. The molecule has 2 rings (SSSR count). The van der Waals surface area contributed by atoms with E-state index in [0.717, 1.165) is 19.3 Å². The van der Waals surface area contributed by atoms with E-state index >= 15 is 0 Å². The molecule has 0 atom stereocenters. The first-order valence-corrected chi connectivity index (χ1v) is 8.23. The Kier molecular flexibility index (Phi) is 3.99. The molecular weight excluding hydrogens is 260 g/mol. The van der Waals surface area contributed by atoms with Gasteiger partial charge in [0.05, 0.1) is 4.90 Å². The number of aryl methyl sites for hydroxylation is 1. The molecule has 2 N–H and O–H groups in total. The molecule has 0 saturated carbocycles. The van der Waals surface area contributed by atoms with Gasteiger partial charge in [-0.3, -0.25) is 0 Å². The lowest BCUT2D eigenvalue weighted by Gasteiger charge is -2.46. The van der Waals surface area contributed by atoms with Gasteiger partial charge in [-0.15, -0.1) is 0 Å². The topological polar surface area (TPSA) is 63.4 Å². The summed E-state index contributed by atoms with van der Waals surface area (Å²) >= 11 is 0. The SMILES string of the molecule is CCCc1ccc(S(=O)(=O)N2CC(N)(CC)C2)cc1. The Labute approximate surface area is 115 Å². The average molecular weight is 282 g/mol. The van der Waals surface area contributed by atoms with Crippen LogP contribution in [0.4, 0.5) is 0 Å². The number of nitrogens with two attached hydrogens (primary N) is 1. The molecule has 0 unspecified atom stereocenters. The fourth-order valence-corrected chi connectivity index (χ4v) is 3.95. The third kappa shape index (κ3) is 2.83. The van der Waals surface area contributed by atoms with E-state index in [0.29, 0.717) is 18.0 Å². The Morgan fingerprint density at radius 3 is 2.26 bits per heavy atom. The second-order valence-corrected chi connectivity index (χ2v) is 7.32. The Morgan fingerprint density at radius 1 is 1.21 bits per heavy atom. The molecule has 1 aliphatic rings. The lowest BCUT2D eigenvalue weighted by atomic mass is 9.91. The minimum Gasteiger partial charge on any atom is -0.323 e. The standard InChI is InChI=1S/C14H22N2O2S/c1-3-5-12-6-8-13(9-7-12)19(17,18)16-10-14(15,4-2)11-16/h6-9H,3-5,10-11,15H2,1-2H3. The van der Waals surface area contributed by atoms with Gasteiger partial charge in [-0.2, -0.15) is 4.31 Å². The molecule has 0 aliphatic carbocycles. The molecular formula is C14H22N2O2S. The highest BCUT2D eigenvalue weighted by Crippen LogP contribution is 2.28. The number of hydrogen-bond donors (Lipinski definition) is 1. The van der Waals surface area contributed by atoms with Crippen molar-refractivity contribution in [3.05, 3.63) is 29.8 Å². The molecule has 0 aromatic heterocycles. The van der Waals surface area contributed by atoms with Gasteiger partial charge in [0.2, 0.25) is 10.0 Å². The summed E-state index contributed by atoms with van der Waals surface area (Å²) in [5, 5.41) is 0. The van der Waals surface area contributed by atoms with E-state index in [4.69, 9.17) is 5.73 Å². The van der Waals surface area contributed by atoms with Crippen molar-refractivity contribution >= 4 is 10.0 Å². The largest absolute Gasteiger partial charge is 0.323 e. The van der Waals surface area contributed by atoms with Crippen molar-refractivity contribution in [1.82, 2.24) is 4.31 Å². The Hall–Kier alpha value is -0.910. The van der Waals surface area contributed by atoms with Crippen LogP contribution >= 0.6 is 0 Å². The van der Waals surface area contributed by atoms with Crippen LogP contribution in [0.3, 0.4) is 0 Å². The maximum Gasteiger partial charge on any atom is 0.243 e. The molecule has 1 aromatic rings. The van der Waals surface area contributed by atoms with E-state index in [9.17, 15) is 8.42 Å². The summed E-state index contributed by atoms with van der Waals surface area (Å²) in [6.45, 7) is 4.94. The van der Waals surface area contributed by atoms with Crippen LogP contribution in [0, 0.1) is 0 Å². The first kappa shape index (κ1) is 14.5. The number of sulfonamides is 1. The summed E-state index contributed by atoms with van der Waals surface area (Å²) in [5.74, 6) is 0. The zero-order chi connectivity index (χ0) is 14.1. The predicted octanol–water partition coefficient (Wildman–Crippen LogP) is 1.75. The van der Waals surface area contributed by atoms with E-state index in [1.54, 1.807) is 12.1 Å². The van der Waals surface area contributed by atoms with Crippen molar-refractivity contribution in [3.63, 3.8) is 0 Å². The monoisotopic (exact) mass is 282 g/mol. The summed E-state index contributed by atoms with van der Waals surface area (Å²) in [4.78, 5) is 0.366. The molecule has 0 bridgehead atoms. The van der Waals surface area contributed by atoms with E-state index in [1.165, 1.54) is 9.87 Å². The lowest BCUT2D eigenvalue weighted by Crippen LogP contribution is -2.68. The number of nitrogens with zero attached hydrogens (tertiary/aromatic N) is 1. The summed E-state index contributed by atoms with van der Waals surface area (Å²) in [6.07, 6.45) is 2.84. The van der Waals surface area contributed by atoms with Gasteiger partial charge in [-0.25, -0.2) is 8.42 Å². The maximum absolute atomic E-state index is 12.4. The van der Waals surface area contributed by atoms with Crippen LogP contribution in [0.5, 0.6) is 0 Å². The van der Waals surface area contributed by atoms with E-state index in [1.807, 2.05) is 19.1 Å². The minimum absolute atomic E-state index is 0.338. The molecule has 1 saturated heterocycles. The van der Waals surface area contributed by atoms with Gasteiger partial charge in [0.15, 0.2) is 0 Å². The van der Waals surface area contributed by atoms with E-state index in [2.05, 4.69) is 6.92 Å². The molecule has 0 radical (unpaired) electrons. The second kappa shape index (κ2) is 5.23. The van der Waals surface area contributed by atoms with Gasteiger partial charge in [0.1, 0.15) is 0 Å². The highest BCUT2D eigenvalue weighted by Gasteiger charge is 2.44. The van der Waals surface area contributed by atoms with E-state index < -0.39 is 10.0 Å². The van der Waals surface area contributed by atoms with Gasteiger partial charge < -0.3 is 5.73 Å². The number of hydrogen-bond acceptors (Lipinski definition) is 3. The van der Waals surface area contributed by atoms with Crippen LogP contribution in [0.25, 0.3) is 0 Å². The van der Waals surface area contributed by atoms with Crippen molar-refractivity contribution in [2.45, 2.75) is 43.5 Å². The highest BCUT2D eigenvalue weighted by atomic mass is 32.2. The minimum atomic E-state index is -3.36. The van der Waals surface area contributed by atoms with Crippen molar-refractivity contribution in [2.75, 3.05) is 13.1 Å². The average Bonchev–Trinajstić information content (AvgIpc) is 2.36. The fourth-order valence-electron chi connectivity index (χ4n) is 2.32. The number of rotatable bonds is 5. The molecule has 0 spiro atoms. The first-order chi connectivity index (χ1) is 8.91. The molecule has 5 heteroatoms. The van der Waals surface area contributed by atoms with Crippen LogP contribution in [0.15, 0.2) is 29.2 Å². The Bertz CT molecular complexity index is 531. The molecule has 1 aliphatic heterocycles. The van der Waals surface area contributed by atoms with Crippen LogP contribution in [-0.4, -0.2) is 31.4 Å². The van der Waals surface area contributed by atoms with Crippen LogP contribution in [0.2, 0.25) is 0 Å². The van der Waals surface area contributed by atoms with Crippen molar-refractivity contribution in [2.24, 2.45) is 5.73 Å². The molecule has 106 valence electrons. The van der Waals surface area contributed by atoms with Crippen molar-refractivity contribution in [3.8, 4) is 0 Å². The number of benzene rings is 1. The fraction of sp³-hybridized carbons (Fsp3) is 0.571. The summed E-state index contributed by atoms with van der Waals surface area (Å²) < 4.78 is 26.2. The third-order valence-electron chi connectivity index (χ3n) is 3.79. The van der Waals surface area contributed by atoms with Gasteiger partial charge in [-0.1, -0.05) is 32.4 Å². The van der Waals surface area contributed by atoms with Crippen LogP contribution < -0.4 is 5.73 Å². The Morgan fingerprint density at radius 2 is 1.79 bits per heavy atom. The third-order valence-corrected chi connectivity index (χ3v) is 5.59. The Balaban J connectivity index is 2.13. The predicted molar refractivity (Wildman–Crippen MR) is 76.4 cm³/mol. The maximum atomic E-state index is 12.4. The van der Waals surface area contributed by atoms with E-state index in [-0.39, 0.29) is 5.54 Å². The lowest BCUT2D eigenvalue weighted by molar-refractivity contribution is 0.153.